The molecule has 2 aromatic carbocycles. The summed E-state index contributed by atoms with van der Waals surface area (Å²) in [5.74, 6) is 6.12. The number of aromatic hydroxyl groups is 1. The minimum Gasteiger partial charge on any atom is -0.502 e. The third kappa shape index (κ3) is 4.20. The lowest BCUT2D eigenvalue weighted by Crippen LogP contribution is -2.02. The molecule has 26 heavy (non-hydrogen) atoms. The van der Waals surface area contributed by atoms with Crippen molar-refractivity contribution < 1.29 is 9.52 Å². The van der Waals surface area contributed by atoms with Crippen molar-refractivity contribution >= 4 is 0 Å². The number of nitriles is 1. The fraction of sp³-hybridized carbons (Fsp3) is 0.0909. The van der Waals surface area contributed by atoms with Gasteiger partial charge in [-0.3, -0.25) is 4.79 Å². The molecule has 0 aliphatic carbocycles. The van der Waals surface area contributed by atoms with E-state index in [0.717, 1.165) is 16.7 Å². The molecule has 4 nitrogen and oxygen atoms in total. The van der Waals surface area contributed by atoms with Crippen LogP contribution in [0.5, 0.6) is 5.75 Å². The second kappa shape index (κ2) is 7.88. The fourth-order valence-corrected chi connectivity index (χ4v) is 2.41. The minimum atomic E-state index is -0.431. The summed E-state index contributed by atoms with van der Waals surface area (Å²) in [6.45, 7) is 0. The third-order valence-electron chi connectivity index (χ3n) is 3.89. The quantitative estimate of drug-likeness (QED) is 0.741. The van der Waals surface area contributed by atoms with E-state index in [4.69, 9.17) is 9.68 Å². The molecule has 0 atom stereocenters. The standard InChI is InChI=1S/C22H15NO3/c23-15-19-9-7-17(8-10-19)2-1-16-3-5-18(6-4-16)11-12-21-22(25)20(24)13-14-26-21/h3-10,13-14,25H,11-12H2. The summed E-state index contributed by atoms with van der Waals surface area (Å²) in [6, 6.07) is 18.2. The van der Waals surface area contributed by atoms with E-state index < -0.39 is 5.43 Å². The van der Waals surface area contributed by atoms with Crippen LogP contribution in [-0.4, -0.2) is 5.11 Å². The Balaban J connectivity index is 1.65. The van der Waals surface area contributed by atoms with Gasteiger partial charge in [0.2, 0.25) is 11.2 Å². The van der Waals surface area contributed by atoms with E-state index in [-0.39, 0.29) is 5.75 Å². The maximum atomic E-state index is 11.4. The molecule has 1 aromatic heterocycles. The predicted octanol–water partition coefficient (Wildman–Crippen LogP) is 3.40. The van der Waals surface area contributed by atoms with Gasteiger partial charge in [-0.15, -0.1) is 0 Å². The smallest absolute Gasteiger partial charge is 0.226 e. The van der Waals surface area contributed by atoms with Crippen molar-refractivity contribution in [2.45, 2.75) is 12.8 Å². The summed E-state index contributed by atoms with van der Waals surface area (Å²) >= 11 is 0. The number of rotatable bonds is 3. The molecule has 3 aromatic rings. The van der Waals surface area contributed by atoms with Crippen LogP contribution in [0.1, 0.15) is 28.0 Å². The molecule has 3 rings (SSSR count). The summed E-state index contributed by atoms with van der Waals surface area (Å²) in [7, 11) is 0. The first kappa shape index (κ1) is 17.1. The van der Waals surface area contributed by atoms with Crippen LogP contribution in [0.4, 0.5) is 0 Å². The lowest BCUT2D eigenvalue weighted by atomic mass is 10.1. The molecule has 0 bridgehead atoms. The van der Waals surface area contributed by atoms with E-state index in [0.29, 0.717) is 24.2 Å². The Bertz CT molecular complexity index is 1060. The number of hydrogen-bond acceptors (Lipinski definition) is 4. The first-order valence-corrected chi connectivity index (χ1v) is 8.06. The van der Waals surface area contributed by atoms with E-state index in [1.807, 2.05) is 36.4 Å². The Hall–Kier alpha value is -3.76. The van der Waals surface area contributed by atoms with Crippen molar-refractivity contribution in [1.29, 1.82) is 5.26 Å². The van der Waals surface area contributed by atoms with Crippen LogP contribution in [0.15, 0.2) is 70.1 Å². The highest BCUT2D eigenvalue weighted by Crippen LogP contribution is 2.14. The van der Waals surface area contributed by atoms with Crippen molar-refractivity contribution in [3.63, 3.8) is 0 Å². The SMILES string of the molecule is N#Cc1ccc(C#Cc2ccc(CCc3occc(=O)c3O)cc2)cc1. The molecule has 0 radical (unpaired) electrons. The molecule has 0 fully saturated rings. The normalized spacial score (nSPS) is 9.81. The summed E-state index contributed by atoms with van der Waals surface area (Å²) in [5, 5.41) is 18.5. The van der Waals surface area contributed by atoms with Gasteiger partial charge in [0.05, 0.1) is 17.9 Å². The number of nitrogens with zero attached hydrogens (tertiary/aromatic N) is 1. The summed E-state index contributed by atoms with van der Waals surface area (Å²) in [4.78, 5) is 11.4. The maximum Gasteiger partial charge on any atom is 0.226 e. The van der Waals surface area contributed by atoms with Gasteiger partial charge >= 0.3 is 0 Å². The molecule has 1 heterocycles. The summed E-state index contributed by atoms with van der Waals surface area (Å²) in [5.41, 5.74) is 2.97. The van der Waals surface area contributed by atoms with Crippen molar-refractivity contribution in [1.82, 2.24) is 0 Å². The van der Waals surface area contributed by atoms with E-state index in [1.54, 1.807) is 12.1 Å². The molecule has 0 amide bonds. The molecule has 0 aliphatic heterocycles. The monoisotopic (exact) mass is 341 g/mol. The summed E-state index contributed by atoms with van der Waals surface area (Å²) < 4.78 is 5.20. The van der Waals surface area contributed by atoms with Crippen LogP contribution in [0.2, 0.25) is 0 Å². The Labute approximate surface area is 151 Å². The Morgan fingerprint density at radius 2 is 1.42 bits per heavy atom. The van der Waals surface area contributed by atoms with Crippen LogP contribution in [-0.2, 0) is 12.8 Å². The van der Waals surface area contributed by atoms with Gasteiger partial charge in [0.25, 0.3) is 0 Å². The molecular formula is C22H15NO3. The van der Waals surface area contributed by atoms with Gasteiger partial charge < -0.3 is 9.52 Å². The van der Waals surface area contributed by atoms with Gasteiger partial charge in [-0.05, 0) is 48.4 Å². The molecule has 0 aliphatic rings. The molecule has 0 saturated heterocycles. The highest BCUT2D eigenvalue weighted by atomic mass is 16.4. The van der Waals surface area contributed by atoms with E-state index >= 15 is 0 Å². The average Bonchev–Trinajstić information content (AvgIpc) is 2.69. The van der Waals surface area contributed by atoms with E-state index in [2.05, 4.69) is 17.9 Å². The molecule has 0 spiro atoms. The molecule has 126 valence electrons. The predicted molar refractivity (Wildman–Crippen MR) is 97.6 cm³/mol. The topological polar surface area (TPSA) is 74.2 Å². The van der Waals surface area contributed by atoms with Gasteiger partial charge in [0.15, 0.2) is 0 Å². The van der Waals surface area contributed by atoms with Crippen LogP contribution < -0.4 is 5.43 Å². The van der Waals surface area contributed by atoms with Crippen molar-refractivity contribution in [2.75, 3.05) is 0 Å². The van der Waals surface area contributed by atoms with Crippen LogP contribution in [0.3, 0.4) is 0 Å². The van der Waals surface area contributed by atoms with Crippen molar-refractivity contribution in [2.24, 2.45) is 0 Å². The van der Waals surface area contributed by atoms with Gasteiger partial charge in [-0.2, -0.15) is 5.26 Å². The van der Waals surface area contributed by atoms with Crippen LogP contribution >= 0.6 is 0 Å². The zero-order valence-electron chi connectivity index (χ0n) is 13.9. The second-order valence-electron chi connectivity index (χ2n) is 5.69. The van der Waals surface area contributed by atoms with Gasteiger partial charge in [0, 0.05) is 23.6 Å². The molecule has 1 N–H and O–H groups in total. The number of benzene rings is 2. The van der Waals surface area contributed by atoms with Crippen LogP contribution in [0.25, 0.3) is 0 Å². The Morgan fingerprint density at radius 1 is 0.846 bits per heavy atom. The Kier molecular flexibility index (Phi) is 5.17. The number of hydrogen-bond donors (Lipinski definition) is 1. The first-order valence-electron chi connectivity index (χ1n) is 8.06. The molecular weight excluding hydrogens is 326 g/mol. The zero-order valence-corrected chi connectivity index (χ0v) is 13.9. The largest absolute Gasteiger partial charge is 0.502 e. The third-order valence-corrected chi connectivity index (χ3v) is 3.89. The van der Waals surface area contributed by atoms with Crippen molar-refractivity contribution in [3.05, 3.63) is 99.1 Å². The highest BCUT2D eigenvalue weighted by molar-refractivity contribution is 5.45. The molecule has 4 heteroatoms. The van der Waals surface area contributed by atoms with E-state index in [1.165, 1.54) is 12.3 Å². The van der Waals surface area contributed by atoms with Gasteiger partial charge in [0.1, 0.15) is 5.76 Å². The zero-order chi connectivity index (χ0) is 18.4. The summed E-state index contributed by atoms with van der Waals surface area (Å²) in [6.07, 6.45) is 2.38. The highest BCUT2D eigenvalue weighted by Gasteiger charge is 2.07. The lowest BCUT2D eigenvalue weighted by Gasteiger charge is -2.03. The fourth-order valence-electron chi connectivity index (χ4n) is 2.41. The Morgan fingerprint density at radius 3 is 2.04 bits per heavy atom. The van der Waals surface area contributed by atoms with Crippen LogP contribution in [0, 0.1) is 23.2 Å². The maximum absolute atomic E-state index is 11.4. The lowest BCUT2D eigenvalue weighted by molar-refractivity contribution is 0.399. The van der Waals surface area contributed by atoms with Gasteiger partial charge in [-0.1, -0.05) is 24.0 Å². The van der Waals surface area contributed by atoms with Gasteiger partial charge in [-0.25, -0.2) is 0 Å². The number of aryl methyl sites for hydroxylation is 2. The van der Waals surface area contributed by atoms with Crippen molar-refractivity contribution in [3.8, 4) is 23.7 Å². The minimum absolute atomic E-state index is 0.294. The first-order chi connectivity index (χ1) is 12.7. The molecule has 0 saturated carbocycles. The second-order valence-corrected chi connectivity index (χ2v) is 5.69. The molecule has 0 unspecified atom stereocenters. The van der Waals surface area contributed by atoms with E-state index in [9.17, 15) is 9.90 Å². The average molecular weight is 341 g/mol.